The number of anilines is 1. The number of nitrogens with zero attached hydrogens (tertiary/aromatic N) is 2. The van der Waals surface area contributed by atoms with Gasteiger partial charge in [0.1, 0.15) is 12.4 Å². The molecule has 3 aromatic rings. The summed E-state index contributed by atoms with van der Waals surface area (Å²) in [4.78, 5) is 8.45. The molecule has 0 amide bonds. The van der Waals surface area contributed by atoms with E-state index >= 15 is 0 Å². The summed E-state index contributed by atoms with van der Waals surface area (Å²) in [5.74, 6) is 0.550. The van der Waals surface area contributed by atoms with E-state index in [9.17, 15) is 21.6 Å². The summed E-state index contributed by atoms with van der Waals surface area (Å²) < 4.78 is 66.4. The second kappa shape index (κ2) is 6.79. The lowest BCUT2D eigenvalue weighted by molar-refractivity contribution is -0.0429. The molecule has 2 aromatic carbocycles. The standard InChI is InChI=1S/C16H12F3N3O3S/c17-16(18,19)26(23,24)22-12-5-3-6-13(8-12)25-10-15-20-9-11-4-1-2-7-14(11)21-15/h1-9,22H,10H2. The highest BCUT2D eigenvalue weighted by Crippen LogP contribution is 2.27. The van der Waals surface area contributed by atoms with Gasteiger partial charge in [-0.3, -0.25) is 4.72 Å². The summed E-state index contributed by atoms with van der Waals surface area (Å²) >= 11 is 0. The molecular formula is C16H12F3N3O3S. The van der Waals surface area contributed by atoms with E-state index in [1.54, 1.807) is 6.20 Å². The van der Waals surface area contributed by atoms with Gasteiger partial charge in [-0.25, -0.2) is 9.97 Å². The van der Waals surface area contributed by atoms with Crippen LogP contribution in [-0.2, 0) is 16.6 Å². The van der Waals surface area contributed by atoms with Crippen molar-refractivity contribution in [1.82, 2.24) is 9.97 Å². The summed E-state index contributed by atoms with van der Waals surface area (Å²) in [5, 5.41) is 0.861. The molecule has 0 aliphatic rings. The smallest absolute Gasteiger partial charge is 0.486 e. The van der Waals surface area contributed by atoms with Gasteiger partial charge in [0.15, 0.2) is 5.82 Å². The number of para-hydroxylation sites is 1. The molecule has 26 heavy (non-hydrogen) atoms. The van der Waals surface area contributed by atoms with Gasteiger partial charge in [0.2, 0.25) is 0 Å². The van der Waals surface area contributed by atoms with Crippen LogP contribution >= 0.6 is 0 Å². The first kappa shape index (κ1) is 17.9. The molecule has 0 radical (unpaired) electrons. The fourth-order valence-electron chi connectivity index (χ4n) is 2.09. The minimum Gasteiger partial charge on any atom is -0.486 e. The highest BCUT2D eigenvalue weighted by atomic mass is 32.2. The van der Waals surface area contributed by atoms with Crippen LogP contribution in [0.3, 0.4) is 0 Å². The van der Waals surface area contributed by atoms with Crippen molar-refractivity contribution in [2.75, 3.05) is 4.72 Å². The van der Waals surface area contributed by atoms with Gasteiger partial charge in [-0.05, 0) is 18.2 Å². The highest BCUT2D eigenvalue weighted by molar-refractivity contribution is 7.93. The first-order chi connectivity index (χ1) is 12.2. The first-order valence-electron chi connectivity index (χ1n) is 7.27. The van der Waals surface area contributed by atoms with Crippen molar-refractivity contribution in [2.24, 2.45) is 0 Å². The normalized spacial score (nSPS) is 12.1. The van der Waals surface area contributed by atoms with Gasteiger partial charge < -0.3 is 4.74 Å². The number of hydrogen-bond donors (Lipinski definition) is 1. The number of fused-ring (bicyclic) bond motifs is 1. The van der Waals surface area contributed by atoms with Gasteiger partial charge >= 0.3 is 15.5 Å². The number of halogens is 3. The van der Waals surface area contributed by atoms with Crippen LogP contribution in [0.25, 0.3) is 10.9 Å². The Morgan fingerprint density at radius 1 is 1.08 bits per heavy atom. The Kier molecular flexibility index (Phi) is 4.68. The summed E-state index contributed by atoms with van der Waals surface area (Å²) in [6.07, 6.45) is 1.63. The average molecular weight is 383 g/mol. The third kappa shape index (κ3) is 4.02. The third-order valence-electron chi connectivity index (χ3n) is 3.30. The molecule has 0 atom stereocenters. The van der Waals surface area contributed by atoms with Crippen molar-refractivity contribution >= 4 is 26.6 Å². The van der Waals surface area contributed by atoms with Crippen molar-refractivity contribution in [3.8, 4) is 5.75 Å². The largest absolute Gasteiger partial charge is 0.516 e. The van der Waals surface area contributed by atoms with Gasteiger partial charge in [0.05, 0.1) is 11.2 Å². The molecule has 0 unspecified atom stereocenters. The Morgan fingerprint density at radius 2 is 1.85 bits per heavy atom. The maximum atomic E-state index is 12.4. The third-order valence-corrected chi connectivity index (χ3v) is 4.41. The van der Waals surface area contributed by atoms with E-state index in [2.05, 4.69) is 9.97 Å². The fraction of sp³-hybridized carbons (Fsp3) is 0.125. The van der Waals surface area contributed by atoms with E-state index in [1.807, 2.05) is 24.3 Å². The molecule has 0 saturated carbocycles. The van der Waals surface area contributed by atoms with Crippen LogP contribution in [0.1, 0.15) is 5.82 Å². The van der Waals surface area contributed by atoms with Crippen molar-refractivity contribution in [3.63, 3.8) is 0 Å². The van der Waals surface area contributed by atoms with Crippen molar-refractivity contribution < 1.29 is 26.3 Å². The quantitative estimate of drug-likeness (QED) is 0.730. The fourth-order valence-corrected chi connectivity index (χ4v) is 2.64. The molecule has 0 aliphatic heterocycles. The van der Waals surface area contributed by atoms with Gasteiger partial charge in [-0.1, -0.05) is 24.3 Å². The predicted octanol–water partition coefficient (Wildman–Crippen LogP) is 3.47. The highest BCUT2D eigenvalue weighted by Gasteiger charge is 2.46. The van der Waals surface area contributed by atoms with E-state index in [1.165, 1.54) is 22.9 Å². The van der Waals surface area contributed by atoms with Gasteiger partial charge in [0.25, 0.3) is 0 Å². The number of benzene rings is 2. The summed E-state index contributed by atoms with van der Waals surface area (Å²) in [6, 6.07) is 12.5. The molecule has 1 N–H and O–H groups in total. The van der Waals surface area contributed by atoms with Crippen LogP contribution in [0.15, 0.2) is 54.7 Å². The molecular weight excluding hydrogens is 371 g/mol. The van der Waals surface area contributed by atoms with Crippen LogP contribution in [0.4, 0.5) is 18.9 Å². The van der Waals surface area contributed by atoms with Crippen LogP contribution in [0.2, 0.25) is 0 Å². The second-order valence-corrected chi connectivity index (χ2v) is 6.89. The molecule has 0 saturated heterocycles. The molecule has 0 fully saturated rings. The maximum Gasteiger partial charge on any atom is 0.516 e. The molecule has 136 valence electrons. The zero-order valence-corrected chi connectivity index (χ0v) is 13.9. The molecule has 0 spiro atoms. The minimum absolute atomic E-state index is 0.0275. The average Bonchev–Trinajstić information content (AvgIpc) is 2.59. The lowest BCUT2D eigenvalue weighted by Gasteiger charge is -2.12. The summed E-state index contributed by atoms with van der Waals surface area (Å²) in [7, 11) is -5.49. The van der Waals surface area contributed by atoms with E-state index in [0.29, 0.717) is 5.82 Å². The molecule has 0 aliphatic carbocycles. The monoisotopic (exact) mass is 383 g/mol. The number of ether oxygens (including phenoxy) is 1. The first-order valence-corrected chi connectivity index (χ1v) is 8.75. The Morgan fingerprint density at radius 3 is 2.62 bits per heavy atom. The molecule has 1 aromatic heterocycles. The van der Waals surface area contributed by atoms with Crippen LogP contribution in [-0.4, -0.2) is 23.9 Å². The Labute approximate surface area is 146 Å². The Balaban J connectivity index is 1.72. The van der Waals surface area contributed by atoms with Crippen molar-refractivity contribution in [2.45, 2.75) is 12.1 Å². The zero-order chi connectivity index (χ0) is 18.8. The van der Waals surface area contributed by atoms with E-state index in [-0.39, 0.29) is 18.0 Å². The topological polar surface area (TPSA) is 81.2 Å². The zero-order valence-electron chi connectivity index (χ0n) is 13.1. The number of aromatic nitrogens is 2. The lowest BCUT2D eigenvalue weighted by atomic mass is 10.2. The molecule has 6 nitrogen and oxygen atoms in total. The predicted molar refractivity (Wildman–Crippen MR) is 88.9 cm³/mol. The Hall–Kier alpha value is -2.88. The van der Waals surface area contributed by atoms with Crippen molar-refractivity contribution in [1.29, 1.82) is 0 Å². The number of rotatable bonds is 5. The van der Waals surface area contributed by atoms with E-state index < -0.39 is 15.5 Å². The molecule has 10 heteroatoms. The maximum absolute atomic E-state index is 12.4. The molecule has 1 heterocycles. The molecule has 3 rings (SSSR count). The summed E-state index contributed by atoms with van der Waals surface area (Å²) in [5.41, 5.74) is -4.94. The van der Waals surface area contributed by atoms with Gasteiger partial charge in [-0.15, -0.1) is 0 Å². The Bertz CT molecular complexity index is 1040. The van der Waals surface area contributed by atoms with E-state index in [0.717, 1.165) is 17.0 Å². The van der Waals surface area contributed by atoms with Crippen molar-refractivity contribution in [3.05, 3.63) is 60.6 Å². The number of sulfonamides is 1. The van der Waals surface area contributed by atoms with E-state index in [4.69, 9.17) is 4.74 Å². The number of nitrogens with one attached hydrogen (secondary N) is 1. The summed E-state index contributed by atoms with van der Waals surface area (Å²) in [6.45, 7) is -0.0275. The number of hydrogen-bond acceptors (Lipinski definition) is 5. The van der Waals surface area contributed by atoms with Gasteiger partial charge in [0, 0.05) is 17.6 Å². The van der Waals surface area contributed by atoms with Crippen LogP contribution in [0, 0.1) is 0 Å². The molecule has 0 bridgehead atoms. The lowest BCUT2D eigenvalue weighted by Crippen LogP contribution is -2.29. The second-order valence-electron chi connectivity index (χ2n) is 5.21. The minimum atomic E-state index is -5.49. The van der Waals surface area contributed by atoms with Gasteiger partial charge in [-0.2, -0.15) is 21.6 Å². The SMILES string of the molecule is O=S(=O)(Nc1cccc(OCc2ncc3ccccc3n2)c1)C(F)(F)F. The van der Waals surface area contributed by atoms with Crippen LogP contribution in [0.5, 0.6) is 5.75 Å². The van der Waals surface area contributed by atoms with Crippen LogP contribution < -0.4 is 9.46 Å². The number of alkyl halides is 3.